The van der Waals surface area contributed by atoms with Gasteiger partial charge in [0.2, 0.25) is 11.8 Å². The Hall–Kier alpha value is -2.27. The van der Waals surface area contributed by atoms with E-state index in [0.717, 1.165) is 29.8 Å². The van der Waals surface area contributed by atoms with Gasteiger partial charge in [0.1, 0.15) is 5.37 Å². The fourth-order valence-electron chi connectivity index (χ4n) is 4.06. The van der Waals surface area contributed by atoms with Crippen molar-refractivity contribution in [2.45, 2.75) is 77.5 Å². The van der Waals surface area contributed by atoms with E-state index < -0.39 is 0 Å². The molecule has 1 fully saturated rings. The summed E-state index contributed by atoms with van der Waals surface area (Å²) >= 11 is 1.63. The molecule has 2 aromatic rings. The van der Waals surface area contributed by atoms with Crippen LogP contribution in [-0.2, 0) is 9.59 Å². The summed E-state index contributed by atoms with van der Waals surface area (Å²) in [6.45, 7) is 6.38. The predicted octanol–water partition coefficient (Wildman–Crippen LogP) is 7.16. The molecule has 0 aliphatic carbocycles. The highest BCUT2D eigenvalue weighted by atomic mass is 32.2. The molecule has 1 atom stereocenters. The zero-order valence-electron chi connectivity index (χ0n) is 19.7. The second-order valence-electron chi connectivity index (χ2n) is 8.74. The first-order valence-electron chi connectivity index (χ1n) is 11.9. The number of aryl methyl sites for hydroxylation is 2. The smallest absolute Gasteiger partial charge is 0.238 e. The van der Waals surface area contributed by atoms with Crippen molar-refractivity contribution in [2.24, 2.45) is 0 Å². The van der Waals surface area contributed by atoms with Crippen LogP contribution in [0.2, 0.25) is 0 Å². The summed E-state index contributed by atoms with van der Waals surface area (Å²) in [6.07, 6.45) is 8.96. The number of thioether (sulfide) groups is 1. The predicted molar refractivity (Wildman–Crippen MR) is 136 cm³/mol. The first-order chi connectivity index (χ1) is 15.5. The minimum Gasteiger partial charge on any atom is -0.326 e. The highest BCUT2D eigenvalue weighted by Crippen LogP contribution is 2.42. The molecule has 1 aliphatic rings. The van der Waals surface area contributed by atoms with Crippen LogP contribution in [0.15, 0.2) is 42.5 Å². The highest BCUT2D eigenvalue weighted by molar-refractivity contribution is 8.00. The van der Waals surface area contributed by atoms with E-state index in [0.29, 0.717) is 12.2 Å². The van der Waals surface area contributed by atoms with Crippen molar-refractivity contribution < 1.29 is 9.59 Å². The van der Waals surface area contributed by atoms with Gasteiger partial charge in [-0.2, -0.15) is 0 Å². The number of nitrogens with zero attached hydrogens (tertiary/aromatic N) is 1. The molecule has 1 heterocycles. The summed E-state index contributed by atoms with van der Waals surface area (Å²) < 4.78 is 0. The summed E-state index contributed by atoms with van der Waals surface area (Å²) in [6, 6.07) is 14.1. The Kier molecular flexibility index (Phi) is 9.22. The minimum absolute atomic E-state index is 0.0666. The van der Waals surface area contributed by atoms with E-state index in [4.69, 9.17) is 0 Å². The van der Waals surface area contributed by atoms with Gasteiger partial charge in [0.15, 0.2) is 0 Å². The molecule has 0 spiro atoms. The van der Waals surface area contributed by atoms with E-state index in [1.165, 1.54) is 43.2 Å². The van der Waals surface area contributed by atoms with Crippen molar-refractivity contribution in [1.29, 1.82) is 0 Å². The van der Waals surface area contributed by atoms with Crippen LogP contribution in [0.5, 0.6) is 0 Å². The number of hydrogen-bond acceptors (Lipinski definition) is 3. The van der Waals surface area contributed by atoms with Gasteiger partial charge in [0.25, 0.3) is 0 Å². The van der Waals surface area contributed by atoms with Crippen molar-refractivity contribution in [3.8, 4) is 0 Å². The maximum Gasteiger partial charge on any atom is 0.238 e. The van der Waals surface area contributed by atoms with Crippen molar-refractivity contribution in [3.63, 3.8) is 0 Å². The molecule has 172 valence electrons. The molecule has 1 N–H and O–H groups in total. The van der Waals surface area contributed by atoms with E-state index >= 15 is 0 Å². The van der Waals surface area contributed by atoms with E-state index in [2.05, 4.69) is 38.2 Å². The molecule has 2 aromatic carbocycles. The van der Waals surface area contributed by atoms with Gasteiger partial charge in [-0.15, -0.1) is 11.8 Å². The van der Waals surface area contributed by atoms with Gasteiger partial charge in [0, 0.05) is 17.8 Å². The third-order valence-corrected chi connectivity index (χ3v) is 7.31. The largest absolute Gasteiger partial charge is 0.326 e. The molecule has 1 saturated heterocycles. The van der Waals surface area contributed by atoms with Crippen LogP contribution in [0, 0.1) is 13.8 Å². The Morgan fingerprint density at radius 3 is 2.50 bits per heavy atom. The third kappa shape index (κ3) is 6.61. The monoisotopic (exact) mass is 452 g/mol. The van der Waals surface area contributed by atoms with Crippen molar-refractivity contribution in [1.82, 2.24) is 0 Å². The Balaban J connectivity index is 1.59. The van der Waals surface area contributed by atoms with Crippen LogP contribution in [0.4, 0.5) is 11.4 Å². The molecule has 2 amide bonds. The summed E-state index contributed by atoms with van der Waals surface area (Å²) in [7, 11) is 0. The minimum atomic E-state index is -0.0791. The summed E-state index contributed by atoms with van der Waals surface area (Å²) in [4.78, 5) is 27.0. The molecule has 5 heteroatoms. The van der Waals surface area contributed by atoms with Crippen LogP contribution in [-0.4, -0.2) is 17.6 Å². The van der Waals surface area contributed by atoms with Crippen LogP contribution in [0.25, 0.3) is 0 Å². The van der Waals surface area contributed by atoms with Crippen LogP contribution in [0.3, 0.4) is 0 Å². The van der Waals surface area contributed by atoms with Gasteiger partial charge >= 0.3 is 0 Å². The van der Waals surface area contributed by atoms with Gasteiger partial charge in [-0.25, -0.2) is 0 Å². The lowest BCUT2D eigenvalue weighted by Gasteiger charge is -2.25. The quantitative estimate of drug-likeness (QED) is 0.368. The Labute approximate surface area is 197 Å². The number of amides is 2. The molecular weight excluding hydrogens is 416 g/mol. The second kappa shape index (κ2) is 12.1. The SMILES string of the molecule is CCCCCCCCCC(=O)Nc1cccc([C@H]2SCC(=O)N2c2ccc(C)c(C)c2)c1. The number of unbranched alkanes of at least 4 members (excludes halogenated alkanes) is 6. The maximum atomic E-state index is 12.7. The van der Waals surface area contributed by atoms with E-state index in [-0.39, 0.29) is 17.2 Å². The van der Waals surface area contributed by atoms with Crippen LogP contribution in [0.1, 0.15) is 80.4 Å². The van der Waals surface area contributed by atoms with Gasteiger partial charge in [-0.1, -0.05) is 63.6 Å². The van der Waals surface area contributed by atoms with Gasteiger partial charge < -0.3 is 5.32 Å². The van der Waals surface area contributed by atoms with Crippen molar-refractivity contribution in [3.05, 3.63) is 59.2 Å². The number of hydrogen-bond donors (Lipinski definition) is 1. The molecule has 0 bridgehead atoms. The molecular formula is C27H36N2O2S. The average molecular weight is 453 g/mol. The van der Waals surface area contributed by atoms with E-state index in [9.17, 15) is 9.59 Å². The van der Waals surface area contributed by atoms with Gasteiger partial charge in [-0.3, -0.25) is 14.5 Å². The van der Waals surface area contributed by atoms with Crippen LogP contribution < -0.4 is 10.2 Å². The number of carbonyl (C=O) groups excluding carboxylic acids is 2. The number of anilines is 2. The lowest BCUT2D eigenvalue weighted by Crippen LogP contribution is -2.28. The summed E-state index contributed by atoms with van der Waals surface area (Å²) in [5.74, 6) is 0.653. The lowest BCUT2D eigenvalue weighted by atomic mass is 10.1. The molecule has 4 nitrogen and oxygen atoms in total. The zero-order valence-corrected chi connectivity index (χ0v) is 20.5. The fourth-order valence-corrected chi connectivity index (χ4v) is 5.23. The molecule has 32 heavy (non-hydrogen) atoms. The molecule has 1 aliphatic heterocycles. The Morgan fingerprint density at radius 2 is 1.75 bits per heavy atom. The maximum absolute atomic E-state index is 12.7. The third-order valence-electron chi connectivity index (χ3n) is 6.10. The standard InChI is InChI=1S/C27H36N2O2S/c1-4-5-6-7-8-9-10-14-25(30)28-23-13-11-12-22(18-23)27-29(26(31)19-32-27)24-16-15-20(2)21(3)17-24/h11-13,15-18,27H,4-10,14,19H2,1-3H3,(H,28,30)/t27-/m1/s1. The fraction of sp³-hybridized carbons (Fsp3) is 0.481. The van der Waals surface area contributed by atoms with Crippen molar-refractivity contribution in [2.75, 3.05) is 16.0 Å². The van der Waals surface area contributed by atoms with Gasteiger partial charge in [0.05, 0.1) is 5.75 Å². The molecule has 3 rings (SSSR count). The van der Waals surface area contributed by atoms with E-state index in [1.54, 1.807) is 11.8 Å². The van der Waals surface area contributed by atoms with Crippen molar-refractivity contribution >= 4 is 35.0 Å². The second-order valence-corrected chi connectivity index (χ2v) is 9.81. The Morgan fingerprint density at radius 1 is 1.00 bits per heavy atom. The molecule has 0 saturated carbocycles. The number of rotatable bonds is 11. The topological polar surface area (TPSA) is 49.4 Å². The lowest BCUT2D eigenvalue weighted by molar-refractivity contribution is -0.117. The normalized spacial score (nSPS) is 15.9. The first kappa shape index (κ1) is 24.4. The summed E-state index contributed by atoms with van der Waals surface area (Å²) in [5.41, 5.74) is 5.16. The number of carbonyl (C=O) groups is 2. The average Bonchev–Trinajstić information content (AvgIpc) is 3.16. The molecule has 0 unspecified atom stereocenters. The zero-order chi connectivity index (χ0) is 22.9. The molecule has 0 aromatic heterocycles. The summed E-state index contributed by atoms with van der Waals surface area (Å²) in [5, 5.41) is 2.97. The molecule has 0 radical (unpaired) electrons. The Bertz CT molecular complexity index is 928. The van der Waals surface area contributed by atoms with Crippen LogP contribution >= 0.6 is 11.8 Å². The van der Waals surface area contributed by atoms with E-state index in [1.807, 2.05) is 35.2 Å². The highest BCUT2D eigenvalue weighted by Gasteiger charge is 2.34. The number of benzene rings is 2. The van der Waals surface area contributed by atoms with Gasteiger partial charge in [-0.05, 0) is 61.2 Å². The number of nitrogens with one attached hydrogen (secondary N) is 1. The first-order valence-corrected chi connectivity index (χ1v) is 12.9.